The number of anilines is 2. The summed E-state index contributed by atoms with van der Waals surface area (Å²) in [6.45, 7) is 8.48. The van der Waals surface area contributed by atoms with Gasteiger partial charge in [0.25, 0.3) is 0 Å². The summed E-state index contributed by atoms with van der Waals surface area (Å²) in [4.78, 5) is 12.2. The second-order valence-corrected chi connectivity index (χ2v) is 9.60. The Hall–Kier alpha value is -3.14. The molecule has 0 amide bonds. The van der Waals surface area contributed by atoms with E-state index in [2.05, 4.69) is 68.3 Å². The molecule has 6 nitrogen and oxygen atoms in total. The average Bonchev–Trinajstić information content (AvgIpc) is 3.02. The van der Waals surface area contributed by atoms with E-state index >= 15 is 0 Å². The summed E-state index contributed by atoms with van der Waals surface area (Å²) in [5.74, 6) is 0. The van der Waals surface area contributed by atoms with Crippen molar-refractivity contribution in [1.29, 1.82) is 5.26 Å². The summed E-state index contributed by atoms with van der Waals surface area (Å²) < 4.78 is 0. The fourth-order valence-electron chi connectivity index (χ4n) is 5.90. The van der Waals surface area contributed by atoms with Crippen LogP contribution in [0.3, 0.4) is 0 Å². The van der Waals surface area contributed by atoms with Gasteiger partial charge in [0.05, 0.1) is 23.8 Å². The van der Waals surface area contributed by atoms with Crippen LogP contribution in [0, 0.1) is 11.3 Å². The van der Waals surface area contributed by atoms with Crippen LogP contribution in [0.1, 0.15) is 42.5 Å². The first kappa shape index (κ1) is 20.5. The van der Waals surface area contributed by atoms with E-state index in [9.17, 15) is 5.26 Å². The summed E-state index contributed by atoms with van der Waals surface area (Å²) in [5.41, 5.74) is 6.91. The molecule has 3 aliphatic heterocycles. The van der Waals surface area contributed by atoms with Crippen molar-refractivity contribution in [2.75, 3.05) is 42.6 Å². The van der Waals surface area contributed by atoms with Crippen molar-refractivity contribution in [1.82, 2.24) is 15.2 Å². The topological polar surface area (TPSA) is 58.4 Å². The van der Waals surface area contributed by atoms with E-state index in [1.165, 1.54) is 35.3 Å². The van der Waals surface area contributed by atoms with Gasteiger partial charge in [0, 0.05) is 55.2 Å². The molecular weight excluding hydrogens is 408 g/mol. The van der Waals surface area contributed by atoms with E-state index in [1.807, 2.05) is 12.1 Å². The molecule has 0 unspecified atom stereocenters. The number of nitrogens with one attached hydrogen (secondary N) is 1. The first-order chi connectivity index (χ1) is 16.2. The molecule has 0 radical (unpaired) electrons. The zero-order chi connectivity index (χ0) is 22.4. The van der Waals surface area contributed by atoms with Crippen molar-refractivity contribution in [3.8, 4) is 6.07 Å². The molecule has 0 saturated carbocycles. The predicted octanol–water partition coefficient (Wildman–Crippen LogP) is 4.02. The molecule has 3 aliphatic rings. The van der Waals surface area contributed by atoms with Crippen LogP contribution in [0.15, 0.2) is 48.7 Å². The van der Waals surface area contributed by atoms with E-state index in [-0.39, 0.29) is 0 Å². The summed E-state index contributed by atoms with van der Waals surface area (Å²) in [5, 5.41) is 14.1. The third kappa shape index (κ3) is 3.52. The number of fused-ring (bicyclic) bond motifs is 4. The van der Waals surface area contributed by atoms with Gasteiger partial charge in [-0.1, -0.05) is 6.07 Å². The molecule has 6 rings (SSSR count). The molecule has 2 atom stereocenters. The molecule has 4 heterocycles. The van der Waals surface area contributed by atoms with E-state index in [0.29, 0.717) is 17.6 Å². The molecule has 2 aromatic carbocycles. The standard InChI is InChI=1S/C27H30N6/c1-19-15-32(25-9-6-20(14-28)27-24(25)5-4-11-30-27)17-26-23-8-7-22(13-21(23)16-33(19)26)31-12-3-2-10-29-18-31/h4-9,11,13,19,26,29H,2-3,10,12,15-18H2,1H3/t19-,26-/m1/s1. The van der Waals surface area contributed by atoms with Gasteiger partial charge in [0.1, 0.15) is 6.07 Å². The smallest absolute Gasteiger partial charge is 0.101 e. The fraction of sp³-hybridized carbons (Fsp3) is 0.407. The molecule has 33 heavy (non-hydrogen) atoms. The molecule has 1 aromatic heterocycles. The number of nitrogens with zero attached hydrogens (tertiary/aromatic N) is 5. The number of pyridine rings is 1. The lowest BCUT2D eigenvalue weighted by Gasteiger charge is -2.43. The van der Waals surface area contributed by atoms with E-state index < -0.39 is 0 Å². The van der Waals surface area contributed by atoms with Crippen LogP contribution in [0.2, 0.25) is 0 Å². The Morgan fingerprint density at radius 1 is 1.09 bits per heavy atom. The SMILES string of the molecule is C[C@@H]1CN(c2ccc(C#N)c3ncccc23)C[C@@H]2c3ccc(N4CCCCNC4)cc3CN12. The highest BCUT2D eigenvalue weighted by Gasteiger charge is 2.39. The molecule has 6 heteroatoms. The summed E-state index contributed by atoms with van der Waals surface area (Å²) in [6.07, 6.45) is 4.28. The lowest BCUT2D eigenvalue weighted by Crippen LogP contribution is -2.51. The quantitative estimate of drug-likeness (QED) is 0.652. The van der Waals surface area contributed by atoms with Gasteiger partial charge in [-0.05, 0) is 73.8 Å². The summed E-state index contributed by atoms with van der Waals surface area (Å²) in [6, 6.07) is 18.3. The monoisotopic (exact) mass is 438 g/mol. The van der Waals surface area contributed by atoms with Gasteiger partial charge in [-0.25, -0.2) is 0 Å². The molecule has 1 N–H and O–H groups in total. The molecule has 2 fully saturated rings. The van der Waals surface area contributed by atoms with Crippen LogP contribution < -0.4 is 15.1 Å². The van der Waals surface area contributed by atoms with Crippen LogP contribution >= 0.6 is 0 Å². The number of hydrogen-bond donors (Lipinski definition) is 1. The molecule has 3 aromatic rings. The minimum Gasteiger partial charge on any atom is -0.368 e. The van der Waals surface area contributed by atoms with Crippen molar-refractivity contribution in [2.45, 2.75) is 38.4 Å². The lowest BCUT2D eigenvalue weighted by atomic mass is 9.99. The van der Waals surface area contributed by atoms with E-state index in [1.54, 1.807) is 6.20 Å². The number of nitriles is 1. The maximum absolute atomic E-state index is 9.53. The van der Waals surface area contributed by atoms with Crippen LogP contribution in [0.25, 0.3) is 10.9 Å². The Kier molecular flexibility index (Phi) is 5.17. The fourth-order valence-corrected chi connectivity index (χ4v) is 5.90. The third-order valence-corrected chi connectivity index (χ3v) is 7.59. The van der Waals surface area contributed by atoms with Gasteiger partial charge in [-0.2, -0.15) is 5.26 Å². The minimum absolute atomic E-state index is 0.391. The molecule has 2 saturated heterocycles. The average molecular weight is 439 g/mol. The number of benzene rings is 2. The van der Waals surface area contributed by atoms with E-state index in [0.717, 1.165) is 50.3 Å². The van der Waals surface area contributed by atoms with Gasteiger partial charge in [-0.15, -0.1) is 0 Å². The summed E-state index contributed by atoms with van der Waals surface area (Å²) in [7, 11) is 0. The Morgan fingerprint density at radius 2 is 2.03 bits per heavy atom. The first-order valence-electron chi connectivity index (χ1n) is 12.1. The molecule has 168 valence electrons. The number of piperazine rings is 1. The Morgan fingerprint density at radius 3 is 2.94 bits per heavy atom. The minimum atomic E-state index is 0.391. The summed E-state index contributed by atoms with van der Waals surface area (Å²) >= 11 is 0. The van der Waals surface area contributed by atoms with Crippen molar-refractivity contribution in [3.63, 3.8) is 0 Å². The Balaban J connectivity index is 1.32. The maximum atomic E-state index is 9.53. The second-order valence-electron chi connectivity index (χ2n) is 9.60. The van der Waals surface area contributed by atoms with Gasteiger partial charge in [0.15, 0.2) is 0 Å². The zero-order valence-electron chi connectivity index (χ0n) is 19.2. The third-order valence-electron chi connectivity index (χ3n) is 7.59. The number of rotatable bonds is 2. The molecular formula is C27H30N6. The van der Waals surface area contributed by atoms with Crippen LogP contribution in [0.5, 0.6) is 0 Å². The van der Waals surface area contributed by atoms with Gasteiger partial charge < -0.3 is 9.80 Å². The predicted molar refractivity (Wildman–Crippen MR) is 132 cm³/mol. The van der Waals surface area contributed by atoms with Crippen LogP contribution in [-0.4, -0.2) is 48.8 Å². The largest absolute Gasteiger partial charge is 0.368 e. The van der Waals surface area contributed by atoms with Gasteiger partial charge >= 0.3 is 0 Å². The highest BCUT2D eigenvalue weighted by Crippen LogP contribution is 2.42. The zero-order valence-corrected chi connectivity index (χ0v) is 19.2. The van der Waals surface area contributed by atoms with Crippen LogP contribution in [0.4, 0.5) is 11.4 Å². The molecule has 0 bridgehead atoms. The molecule has 0 aliphatic carbocycles. The van der Waals surface area contributed by atoms with Crippen LogP contribution in [-0.2, 0) is 6.54 Å². The van der Waals surface area contributed by atoms with Crippen molar-refractivity contribution in [2.24, 2.45) is 0 Å². The lowest BCUT2D eigenvalue weighted by molar-refractivity contribution is 0.134. The first-order valence-corrected chi connectivity index (χ1v) is 12.1. The highest BCUT2D eigenvalue weighted by atomic mass is 15.3. The number of aromatic nitrogens is 1. The van der Waals surface area contributed by atoms with E-state index in [4.69, 9.17) is 0 Å². The van der Waals surface area contributed by atoms with Crippen molar-refractivity contribution in [3.05, 3.63) is 65.4 Å². The normalized spacial score (nSPS) is 23.2. The highest BCUT2D eigenvalue weighted by molar-refractivity contribution is 5.95. The van der Waals surface area contributed by atoms with Gasteiger partial charge in [0.2, 0.25) is 0 Å². The van der Waals surface area contributed by atoms with Gasteiger partial charge in [-0.3, -0.25) is 15.2 Å². The molecule has 0 spiro atoms. The van der Waals surface area contributed by atoms with Crippen molar-refractivity contribution >= 4 is 22.3 Å². The van der Waals surface area contributed by atoms with Crippen molar-refractivity contribution < 1.29 is 0 Å². The Bertz CT molecular complexity index is 1220. The Labute approximate surface area is 195 Å². The maximum Gasteiger partial charge on any atom is 0.101 e. The second kappa shape index (κ2) is 8.33. The number of hydrogen-bond acceptors (Lipinski definition) is 6.